The van der Waals surface area contributed by atoms with E-state index in [2.05, 4.69) is 39.6 Å². The average Bonchev–Trinajstić information content (AvgIpc) is 1.86. The average molecular weight is 208 g/mol. The van der Waals surface area contributed by atoms with Crippen LogP contribution in [-0.2, 0) is 0 Å². The summed E-state index contributed by atoms with van der Waals surface area (Å²) < 4.78 is 0. The fraction of sp³-hybridized carbons (Fsp3) is 1.00. The number of hydrogen-bond acceptors (Lipinski definition) is 1. The molecule has 0 aromatic carbocycles. The van der Waals surface area contributed by atoms with Crippen LogP contribution in [0, 0.1) is 0 Å². The minimum absolute atomic E-state index is 0.251. The van der Waals surface area contributed by atoms with Gasteiger partial charge >= 0.3 is 0 Å². The second-order valence-electron chi connectivity index (χ2n) is 4.33. The molecule has 1 nitrogen and oxygen atoms in total. The number of nitrogens with one attached hydrogen (secondary N) is 1. The maximum atomic E-state index is 6.64. The molecule has 0 amide bonds. The predicted molar refractivity (Wildman–Crippen MR) is 60.1 cm³/mol. The van der Waals surface area contributed by atoms with E-state index in [9.17, 15) is 0 Å². The third-order valence-corrected chi connectivity index (χ3v) is 9.39. The Bertz CT molecular complexity index is 125. The highest BCUT2D eigenvalue weighted by atomic mass is 35.6. The summed E-state index contributed by atoms with van der Waals surface area (Å²) in [4.78, 5) is 3.50. The van der Waals surface area contributed by atoms with Gasteiger partial charge in [-0.3, -0.25) is 0 Å². The van der Waals surface area contributed by atoms with Crippen molar-refractivity contribution in [2.24, 2.45) is 0 Å². The highest BCUT2D eigenvalue weighted by Gasteiger charge is 2.41. The molecule has 0 rings (SSSR count). The monoisotopic (exact) mass is 207 g/mol. The van der Waals surface area contributed by atoms with Gasteiger partial charge in [0.1, 0.15) is 0 Å². The maximum absolute atomic E-state index is 6.64. The first-order valence-corrected chi connectivity index (χ1v) is 8.03. The molecule has 0 aromatic rings. The Hall–Kier alpha value is 0.467. The molecule has 74 valence electrons. The van der Waals surface area contributed by atoms with Crippen LogP contribution >= 0.6 is 11.1 Å². The molecular weight excluding hydrogens is 186 g/mol. The summed E-state index contributed by atoms with van der Waals surface area (Å²) >= 11 is 6.64. The molecule has 0 bridgehead atoms. The lowest BCUT2D eigenvalue weighted by Gasteiger charge is -2.37. The lowest BCUT2D eigenvalue weighted by molar-refractivity contribution is 0.689. The number of rotatable bonds is 4. The van der Waals surface area contributed by atoms with E-state index in [0.29, 0.717) is 0 Å². The van der Waals surface area contributed by atoms with Gasteiger partial charge in [0.2, 0.25) is 7.55 Å². The van der Waals surface area contributed by atoms with Gasteiger partial charge in [-0.15, -0.1) is 11.1 Å². The standard InChI is InChI=1S/C9H22ClNSi/c1-6-8-12(10,11-7-2)9(3,4)5/h11H,6-8H2,1-5H3. The molecule has 1 unspecified atom stereocenters. The molecule has 3 heteroatoms. The van der Waals surface area contributed by atoms with Crippen molar-refractivity contribution >= 4 is 18.6 Å². The van der Waals surface area contributed by atoms with Crippen molar-refractivity contribution in [2.45, 2.75) is 52.1 Å². The van der Waals surface area contributed by atoms with Gasteiger partial charge in [-0.25, -0.2) is 0 Å². The van der Waals surface area contributed by atoms with Crippen LogP contribution in [0.1, 0.15) is 41.0 Å². The van der Waals surface area contributed by atoms with Gasteiger partial charge in [-0.05, 0) is 17.6 Å². The lowest BCUT2D eigenvalue weighted by atomic mass is 10.2. The van der Waals surface area contributed by atoms with Crippen LogP contribution < -0.4 is 4.98 Å². The summed E-state index contributed by atoms with van der Waals surface area (Å²) in [7, 11) is -1.73. The molecule has 0 saturated heterocycles. The second kappa shape index (κ2) is 4.63. The highest BCUT2D eigenvalue weighted by Crippen LogP contribution is 2.40. The van der Waals surface area contributed by atoms with Crippen molar-refractivity contribution in [1.82, 2.24) is 4.98 Å². The van der Waals surface area contributed by atoms with Crippen molar-refractivity contribution in [1.29, 1.82) is 0 Å². The zero-order valence-electron chi connectivity index (χ0n) is 9.00. The Kier molecular flexibility index (Phi) is 4.81. The molecule has 0 aromatic heterocycles. The van der Waals surface area contributed by atoms with Crippen LogP contribution in [0.15, 0.2) is 0 Å². The molecule has 0 spiro atoms. The maximum Gasteiger partial charge on any atom is 0.231 e. The first-order valence-electron chi connectivity index (χ1n) is 4.81. The van der Waals surface area contributed by atoms with E-state index in [-0.39, 0.29) is 5.04 Å². The topological polar surface area (TPSA) is 12.0 Å². The van der Waals surface area contributed by atoms with Gasteiger partial charge in [-0.1, -0.05) is 41.0 Å². The van der Waals surface area contributed by atoms with Gasteiger partial charge in [-0.2, -0.15) is 0 Å². The molecule has 12 heavy (non-hydrogen) atoms. The lowest BCUT2D eigenvalue weighted by Crippen LogP contribution is -2.52. The summed E-state index contributed by atoms with van der Waals surface area (Å²) in [6, 6.07) is 1.16. The Labute approximate surface area is 82.7 Å². The Morgan fingerprint density at radius 3 is 2.00 bits per heavy atom. The van der Waals surface area contributed by atoms with Crippen molar-refractivity contribution in [3.8, 4) is 0 Å². The van der Waals surface area contributed by atoms with Gasteiger partial charge in [0.25, 0.3) is 0 Å². The summed E-state index contributed by atoms with van der Waals surface area (Å²) in [6.45, 7) is 12.0. The highest BCUT2D eigenvalue weighted by molar-refractivity contribution is 7.20. The molecule has 0 aliphatic carbocycles. The Morgan fingerprint density at radius 1 is 1.25 bits per heavy atom. The van der Waals surface area contributed by atoms with Crippen LogP contribution in [0.25, 0.3) is 0 Å². The summed E-state index contributed by atoms with van der Waals surface area (Å²) in [5, 5.41) is 0.251. The summed E-state index contributed by atoms with van der Waals surface area (Å²) in [5.41, 5.74) is 0. The van der Waals surface area contributed by atoms with Crippen molar-refractivity contribution in [2.75, 3.05) is 6.54 Å². The van der Waals surface area contributed by atoms with Gasteiger partial charge in [0.15, 0.2) is 0 Å². The summed E-state index contributed by atoms with van der Waals surface area (Å²) in [5.74, 6) is 0. The number of halogens is 1. The molecule has 0 fully saturated rings. The smallest absolute Gasteiger partial charge is 0.231 e. The third kappa shape index (κ3) is 3.07. The van der Waals surface area contributed by atoms with Crippen LogP contribution in [0.2, 0.25) is 11.1 Å². The van der Waals surface area contributed by atoms with E-state index in [1.54, 1.807) is 0 Å². The van der Waals surface area contributed by atoms with Crippen LogP contribution in [0.4, 0.5) is 0 Å². The molecule has 1 N–H and O–H groups in total. The van der Waals surface area contributed by atoms with E-state index in [1.807, 2.05) is 0 Å². The van der Waals surface area contributed by atoms with E-state index < -0.39 is 7.55 Å². The third-order valence-electron chi connectivity index (χ3n) is 2.24. The molecule has 0 aliphatic rings. The Morgan fingerprint density at radius 2 is 1.75 bits per heavy atom. The van der Waals surface area contributed by atoms with E-state index in [1.165, 1.54) is 6.42 Å². The second-order valence-corrected chi connectivity index (χ2v) is 10.2. The molecule has 1 atom stereocenters. The van der Waals surface area contributed by atoms with Gasteiger partial charge in [0.05, 0.1) is 0 Å². The zero-order chi connectivity index (χ0) is 9.83. The van der Waals surface area contributed by atoms with Gasteiger partial charge in [0, 0.05) is 0 Å². The SMILES string of the molecule is CCC[Si](Cl)(NCC)C(C)(C)C. The van der Waals surface area contributed by atoms with Crippen LogP contribution in [0.5, 0.6) is 0 Å². The van der Waals surface area contributed by atoms with Crippen LogP contribution in [0.3, 0.4) is 0 Å². The molecule has 0 saturated carbocycles. The van der Waals surface area contributed by atoms with Crippen molar-refractivity contribution in [3.05, 3.63) is 0 Å². The van der Waals surface area contributed by atoms with Crippen molar-refractivity contribution in [3.63, 3.8) is 0 Å². The van der Waals surface area contributed by atoms with Gasteiger partial charge < -0.3 is 4.98 Å². The summed E-state index contributed by atoms with van der Waals surface area (Å²) in [6.07, 6.45) is 1.18. The number of hydrogen-bond donors (Lipinski definition) is 1. The van der Waals surface area contributed by atoms with Crippen molar-refractivity contribution < 1.29 is 0 Å². The normalized spacial score (nSPS) is 17.5. The molecule has 0 heterocycles. The first kappa shape index (κ1) is 12.5. The fourth-order valence-electron chi connectivity index (χ4n) is 1.35. The van der Waals surface area contributed by atoms with Crippen LogP contribution in [-0.4, -0.2) is 14.1 Å². The van der Waals surface area contributed by atoms with E-state index in [4.69, 9.17) is 11.1 Å². The minimum atomic E-state index is -1.73. The fourth-order valence-corrected chi connectivity index (χ4v) is 5.03. The molecule has 0 aliphatic heterocycles. The predicted octanol–water partition coefficient (Wildman–Crippen LogP) is 3.49. The molecular formula is C9H22ClNSi. The first-order chi connectivity index (χ1) is 5.37. The van der Waals surface area contributed by atoms with E-state index >= 15 is 0 Å². The largest absolute Gasteiger partial charge is 0.325 e. The van der Waals surface area contributed by atoms with E-state index in [0.717, 1.165) is 12.6 Å². The quantitative estimate of drug-likeness (QED) is 0.550. The zero-order valence-corrected chi connectivity index (χ0v) is 10.8. The molecule has 0 radical (unpaired) electrons. The minimum Gasteiger partial charge on any atom is -0.325 e. The Balaban J connectivity index is 4.38.